The molecule has 0 amide bonds. The molecule has 27 nitrogen and oxygen atoms in total. The first-order valence-electron chi connectivity index (χ1n) is 8.02. The van der Waals surface area contributed by atoms with Gasteiger partial charge in [0.1, 0.15) is 0 Å². The molecule has 0 saturated heterocycles. The summed E-state index contributed by atoms with van der Waals surface area (Å²) in [5.74, 6) is -2.98. The van der Waals surface area contributed by atoms with E-state index in [1.165, 1.54) is 6.92 Å². The van der Waals surface area contributed by atoms with Crippen molar-refractivity contribution in [1.29, 1.82) is 0 Å². The quantitative estimate of drug-likeness (QED) is 0.0918. The normalized spacial score (nSPS) is 9.25. The summed E-state index contributed by atoms with van der Waals surface area (Å²) in [6.45, 7) is 2.50. The Hall–Kier alpha value is -4.92. The molecule has 6 N–H and O–H groups in total. The molecule has 0 bridgehead atoms. The van der Waals surface area contributed by atoms with Crippen LogP contribution in [0.4, 0.5) is 0 Å². The number of nitrogens with zero attached hydrogens (tertiary/aromatic N) is 6. The van der Waals surface area contributed by atoms with Gasteiger partial charge in [0, 0.05) is 11.8 Å². The second-order valence-electron chi connectivity index (χ2n) is 5.38. The molecule has 0 atom stereocenters. The molecule has 0 spiro atoms. The minimum atomic E-state index is -2.98. The molecule has 0 aromatic heterocycles. The number of aliphatic hydroxyl groups excluding tert-OH is 3. The maximum absolute atomic E-state index is 10.0. The standard InChI is InChI=1S/C5H12O3.C4H7N3O9.3HNO3/c1-5(2-6,3-7)4-8;1-2-3-4(14-5(8)9,15-6(10)11)16-7(12)13;3*2-1(3)4/h6-8H,2-4H2,1H3;2-3H2,1H3;3*(H,2,3,4). The van der Waals surface area contributed by atoms with E-state index in [1.54, 1.807) is 6.92 Å². The van der Waals surface area contributed by atoms with Gasteiger partial charge in [-0.1, -0.05) is 13.8 Å². The van der Waals surface area contributed by atoms with E-state index < -0.39 is 48.3 Å². The average molecular weight is 550 g/mol. The monoisotopic (exact) mass is 550 g/mol. The molecule has 0 aromatic carbocycles. The Kier molecular flexibility index (Phi) is 26.7. The molecular formula is C9H22N6O21. The highest BCUT2D eigenvalue weighted by atomic mass is 17.2. The van der Waals surface area contributed by atoms with Gasteiger partial charge in [0.2, 0.25) is 0 Å². The van der Waals surface area contributed by atoms with Crippen LogP contribution in [0.1, 0.15) is 26.7 Å². The SMILES string of the molecule is CC(CO)(CO)CO.CCCC(O[N+](=O)[O-])(O[N+](=O)[O-])O[N+](=O)[O-].O=[N+]([O-])O.O=[N+]([O-])O.O=[N+]([O-])O. The van der Waals surface area contributed by atoms with Crippen molar-refractivity contribution in [3.8, 4) is 0 Å². The summed E-state index contributed by atoms with van der Waals surface area (Å²) in [5, 5.41) is 92.0. The van der Waals surface area contributed by atoms with Crippen LogP contribution in [0.3, 0.4) is 0 Å². The summed E-state index contributed by atoms with van der Waals surface area (Å²) in [6.07, 6.45) is -0.522. The van der Waals surface area contributed by atoms with Crippen LogP contribution >= 0.6 is 0 Å². The molecule has 0 rings (SSSR count). The van der Waals surface area contributed by atoms with Crippen LogP contribution in [0.5, 0.6) is 0 Å². The summed E-state index contributed by atoms with van der Waals surface area (Å²) in [6, 6.07) is 0. The van der Waals surface area contributed by atoms with Crippen molar-refractivity contribution >= 4 is 0 Å². The van der Waals surface area contributed by atoms with Crippen LogP contribution in [-0.2, 0) is 14.5 Å². The van der Waals surface area contributed by atoms with Crippen LogP contribution in [0.25, 0.3) is 0 Å². The Labute approximate surface area is 195 Å². The Bertz CT molecular complexity index is 579. The van der Waals surface area contributed by atoms with Crippen molar-refractivity contribution in [2.45, 2.75) is 32.7 Å². The van der Waals surface area contributed by atoms with Gasteiger partial charge < -0.3 is 30.9 Å². The molecule has 0 saturated carbocycles. The second-order valence-corrected chi connectivity index (χ2v) is 5.38. The first kappa shape index (κ1) is 41.3. The van der Waals surface area contributed by atoms with Crippen LogP contribution in [-0.4, -0.2) is 87.3 Å². The Morgan fingerprint density at radius 2 is 0.806 bits per heavy atom. The maximum Gasteiger partial charge on any atom is 0.407 e. The van der Waals surface area contributed by atoms with Crippen LogP contribution in [0, 0.1) is 66.1 Å². The smallest absolute Gasteiger partial charge is 0.396 e. The van der Waals surface area contributed by atoms with E-state index in [4.69, 9.17) is 61.3 Å². The lowest BCUT2D eigenvalue weighted by Gasteiger charge is -2.24. The minimum Gasteiger partial charge on any atom is -0.396 e. The summed E-state index contributed by atoms with van der Waals surface area (Å²) >= 11 is 0. The van der Waals surface area contributed by atoms with Crippen LogP contribution in [0.2, 0.25) is 0 Å². The fourth-order valence-electron chi connectivity index (χ4n) is 0.984. The fourth-order valence-corrected chi connectivity index (χ4v) is 0.984. The highest BCUT2D eigenvalue weighted by molar-refractivity contribution is 4.69. The molecule has 36 heavy (non-hydrogen) atoms. The molecule has 0 aliphatic carbocycles. The molecule has 0 aliphatic rings. The number of hydrogen-bond donors (Lipinski definition) is 6. The van der Waals surface area contributed by atoms with E-state index >= 15 is 0 Å². The molecule has 0 unspecified atom stereocenters. The Morgan fingerprint density at radius 1 is 0.611 bits per heavy atom. The van der Waals surface area contributed by atoms with Crippen molar-refractivity contribution in [2.24, 2.45) is 5.41 Å². The molecule has 214 valence electrons. The van der Waals surface area contributed by atoms with E-state index in [-0.39, 0.29) is 26.2 Å². The third-order valence-corrected chi connectivity index (χ3v) is 2.34. The zero-order valence-electron chi connectivity index (χ0n) is 18.0. The topological polar surface area (TPSA) is 408 Å². The molecule has 0 fully saturated rings. The lowest BCUT2D eigenvalue weighted by atomic mass is 9.95. The Morgan fingerprint density at radius 3 is 0.889 bits per heavy atom. The van der Waals surface area contributed by atoms with Gasteiger partial charge in [0.05, 0.1) is 19.8 Å². The van der Waals surface area contributed by atoms with E-state index in [1.807, 2.05) is 0 Å². The highest BCUT2D eigenvalue weighted by Gasteiger charge is 2.43. The van der Waals surface area contributed by atoms with Crippen molar-refractivity contribution < 1.29 is 76.0 Å². The molecule has 0 radical (unpaired) electrons. The largest absolute Gasteiger partial charge is 0.407 e. The Balaban J connectivity index is -0.000000132. The minimum absolute atomic E-state index is 0.0511. The van der Waals surface area contributed by atoms with Gasteiger partial charge in [-0.2, -0.15) is 0 Å². The van der Waals surface area contributed by atoms with Crippen LogP contribution < -0.4 is 0 Å². The molecule has 0 aromatic rings. The highest BCUT2D eigenvalue weighted by Crippen LogP contribution is 2.22. The third-order valence-electron chi connectivity index (χ3n) is 2.34. The van der Waals surface area contributed by atoms with E-state index in [0.29, 0.717) is 0 Å². The number of hydrogen-bond acceptors (Lipinski definition) is 18. The predicted molar refractivity (Wildman–Crippen MR) is 97.6 cm³/mol. The maximum atomic E-state index is 10.0. The summed E-state index contributed by atoms with van der Waals surface area (Å²) < 4.78 is 0. The summed E-state index contributed by atoms with van der Waals surface area (Å²) in [7, 11) is 0. The molecular weight excluding hydrogens is 528 g/mol. The molecule has 27 heteroatoms. The third kappa shape index (κ3) is 43.0. The first-order chi connectivity index (χ1) is 16.2. The van der Waals surface area contributed by atoms with Gasteiger partial charge in [-0.05, 0) is 6.42 Å². The van der Waals surface area contributed by atoms with Crippen molar-refractivity contribution in [3.05, 3.63) is 60.7 Å². The van der Waals surface area contributed by atoms with E-state index in [9.17, 15) is 30.3 Å². The number of aliphatic hydroxyl groups is 3. The van der Waals surface area contributed by atoms with Gasteiger partial charge in [-0.25, -0.2) is 0 Å². The first-order valence-corrected chi connectivity index (χ1v) is 8.02. The zero-order valence-corrected chi connectivity index (χ0v) is 18.0. The zero-order chi connectivity index (χ0) is 30.1. The van der Waals surface area contributed by atoms with Gasteiger partial charge in [0.15, 0.2) is 0 Å². The lowest BCUT2D eigenvalue weighted by molar-refractivity contribution is -0.955. The van der Waals surface area contributed by atoms with E-state index in [2.05, 4.69) is 14.5 Å². The average Bonchev–Trinajstić information content (AvgIpc) is 2.65. The molecule has 0 aliphatic heterocycles. The van der Waals surface area contributed by atoms with Crippen molar-refractivity contribution in [3.63, 3.8) is 0 Å². The van der Waals surface area contributed by atoms with Gasteiger partial charge >= 0.3 is 5.97 Å². The number of rotatable bonds is 11. The van der Waals surface area contributed by atoms with Crippen molar-refractivity contribution in [1.82, 2.24) is 0 Å². The van der Waals surface area contributed by atoms with Crippen LogP contribution in [0.15, 0.2) is 0 Å². The predicted octanol–water partition coefficient (Wildman–Crippen LogP) is -2.01. The van der Waals surface area contributed by atoms with Gasteiger partial charge in [-0.15, -0.1) is 60.7 Å². The van der Waals surface area contributed by atoms with Gasteiger partial charge in [-0.3, -0.25) is 14.5 Å². The van der Waals surface area contributed by atoms with E-state index in [0.717, 1.165) is 0 Å². The lowest BCUT2D eigenvalue weighted by Crippen LogP contribution is -2.44. The second kappa shape index (κ2) is 23.2. The fraction of sp³-hybridized carbons (Fsp3) is 1.00. The van der Waals surface area contributed by atoms with Gasteiger partial charge in [0.25, 0.3) is 30.5 Å². The summed E-state index contributed by atoms with van der Waals surface area (Å²) in [5.41, 5.74) is -0.708. The van der Waals surface area contributed by atoms with Crippen molar-refractivity contribution in [2.75, 3.05) is 19.8 Å². The molecule has 0 heterocycles. The summed E-state index contributed by atoms with van der Waals surface area (Å²) in [4.78, 5) is 66.3.